The number of nitrogens with one attached hydrogen (secondary N) is 1. The first-order valence-electron chi connectivity index (χ1n) is 10.9. The number of nitriles is 1. The Morgan fingerprint density at radius 3 is 2.51 bits per heavy atom. The molecule has 0 saturated heterocycles. The number of aromatic nitrogens is 4. The summed E-state index contributed by atoms with van der Waals surface area (Å²) in [6.45, 7) is 0.270. The SMILES string of the molecule is N#CC1(CNc2cc(Oc3ccc(-n4ncn(Cc5c(F)cccc5F)c4=O)cc3)ccn2)CC1. The number of halogens is 2. The molecule has 0 radical (unpaired) electrons. The van der Waals surface area contributed by atoms with Gasteiger partial charge in [0.25, 0.3) is 0 Å². The molecule has 0 atom stereocenters. The summed E-state index contributed by atoms with van der Waals surface area (Å²) in [6, 6.07) is 16.0. The van der Waals surface area contributed by atoms with Crippen LogP contribution in [0.25, 0.3) is 5.69 Å². The molecule has 2 aromatic carbocycles. The number of benzene rings is 2. The molecule has 35 heavy (non-hydrogen) atoms. The predicted molar refractivity (Wildman–Crippen MR) is 123 cm³/mol. The van der Waals surface area contributed by atoms with Crippen molar-refractivity contribution < 1.29 is 13.5 Å². The molecule has 0 bridgehead atoms. The number of anilines is 1. The van der Waals surface area contributed by atoms with Gasteiger partial charge in [-0.05, 0) is 55.3 Å². The molecule has 2 aromatic heterocycles. The van der Waals surface area contributed by atoms with Crippen LogP contribution in [0.3, 0.4) is 0 Å². The standard InChI is InChI=1S/C25H20F2N6O2/c26-21-2-1-3-22(27)20(21)13-32-16-31-33(24(32)34)17-4-6-18(7-5-17)35-19-8-11-29-23(12-19)30-15-25(14-28)9-10-25/h1-8,11-12,16H,9-10,13,15H2,(H,29,30). The molecule has 5 rings (SSSR count). The van der Waals surface area contributed by atoms with E-state index in [0.29, 0.717) is 29.5 Å². The summed E-state index contributed by atoms with van der Waals surface area (Å²) in [5, 5.41) is 16.4. The maximum Gasteiger partial charge on any atom is 0.350 e. The van der Waals surface area contributed by atoms with Crippen molar-refractivity contribution in [3.8, 4) is 23.3 Å². The predicted octanol–water partition coefficient (Wildman–Crippen LogP) is 4.26. The van der Waals surface area contributed by atoms with Crippen LogP contribution in [-0.2, 0) is 6.54 Å². The third-order valence-electron chi connectivity index (χ3n) is 5.87. The highest BCUT2D eigenvalue weighted by atomic mass is 19.1. The maximum atomic E-state index is 13.9. The van der Waals surface area contributed by atoms with Gasteiger partial charge in [-0.2, -0.15) is 15.0 Å². The number of hydrogen-bond acceptors (Lipinski definition) is 6. The Labute approximate surface area is 199 Å². The van der Waals surface area contributed by atoms with Crippen molar-refractivity contribution in [2.24, 2.45) is 5.41 Å². The van der Waals surface area contributed by atoms with E-state index in [0.717, 1.165) is 34.2 Å². The fourth-order valence-electron chi connectivity index (χ4n) is 3.58. The zero-order chi connectivity index (χ0) is 24.4. The van der Waals surface area contributed by atoms with Gasteiger partial charge in [0.05, 0.1) is 23.7 Å². The van der Waals surface area contributed by atoms with Gasteiger partial charge in [-0.15, -0.1) is 0 Å². The molecule has 2 heterocycles. The minimum Gasteiger partial charge on any atom is -0.457 e. The van der Waals surface area contributed by atoms with E-state index in [-0.39, 0.29) is 17.5 Å². The third-order valence-corrected chi connectivity index (χ3v) is 5.87. The van der Waals surface area contributed by atoms with Crippen molar-refractivity contribution in [2.75, 3.05) is 11.9 Å². The number of nitrogens with zero attached hydrogens (tertiary/aromatic N) is 5. The minimum atomic E-state index is -0.724. The van der Waals surface area contributed by atoms with Gasteiger partial charge in [-0.1, -0.05) is 6.07 Å². The van der Waals surface area contributed by atoms with Gasteiger partial charge >= 0.3 is 5.69 Å². The summed E-state index contributed by atoms with van der Waals surface area (Å²) < 4.78 is 36.0. The van der Waals surface area contributed by atoms with Crippen molar-refractivity contribution in [3.63, 3.8) is 0 Å². The topological polar surface area (TPSA) is 97.8 Å². The number of rotatable bonds is 8. The average Bonchev–Trinajstić information content (AvgIpc) is 3.57. The lowest BCUT2D eigenvalue weighted by Crippen LogP contribution is -2.24. The third kappa shape index (κ3) is 4.75. The van der Waals surface area contributed by atoms with E-state index < -0.39 is 17.3 Å². The molecule has 1 N–H and O–H groups in total. The van der Waals surface area contributed by atoms with Crippen LogP contribution in [0.4, 0.5) is 14.6 Å². The lowest BCUT2D eigenvalue weighted by Gasteiger charge is -2.11. The maximum absolute atomic E-state index is 13.9. The highest BCUT2D eigenvalue weighted by Gasteiger charge is 2.42. The van der Waals surface area contributed by atoms with Gasteiger partial charge in [0.1, 0.15) is 35.3 Å². The molecule has 176 valence electrons. The van der Waals surface area contributed by atoms with Crippen LogP contribution >= 0.6 is 0 Å². The number of pyridine rings is 1. The zero-order valence-electron chi connectivity index (χ0n) is 18.5. The van der Waals surface area contributed by atoms with Crippen molar-refractivity contribution in [2.45, 2.75) is 19.4 Å². The molecule has 1 saturated carbocycles. The van der Waals surface area contributed by atoms with E-state index in [2.05, 4.69) is 21.5 Å². The molecule has 0 spiro atoms. The van der Waals surface area contributed by atoms with Crippen LogP contribution in [0.2, 0.25) is 0 Å². The molecule has 1 aliphatic rings. The first kappa shape index (κ1) is 22.3. The molecule has 1 aliphatic carbocycles. The van der Waals surface area contributed by atoms with Gasteiger partial charge in [0.2, 0.25) is 0 Å². The van der Waals surface area contributed by atoms with Crippen LogP contribution in [0, 0.1) is 28.4 Å². The smallest absolute Gasteiger partial charge is 0.350 e. The first-order valence-corrected chi connectivity index (χ1v) is 10.9. The Morgan fingerprint density at radius 2 is 1.83 bits per heavy atom. The fourth-order valence-corrected chi connectivity index (χ4v) is 3.58. The van der Waals surface area contributed by atoms with Crippen molar-refractivity contribution >= 4 is 5.82 Å². The molecule has 0 amide bonds. The monoisotopic (exact) mass is 474 g/mol. The van der Waals surface area contributed by atoms with Gasteiger partial charge in [-0.25, -0.2) is 18.6 Å². The van der Waals surface area contributed by atoms with Crippen molar-refractivity contribution in [1.82, 2.24) is 19.3 Å². The van der Waals surface area contributed by atoms with Crippen LogP contribution in [0.5, 0.6) is 11.5 Å². The molecular weight excluding hydrogens is 454 g/mol. The largest absolute Gasteiger partial charge is 0.457 e. The quantitative estimate of drug-likeness (QED) is 0.410. The van der Waals surface area contributed by atoms with E-state index in [1.165, 1.54) is 12.4 Å². The van der Waals surface area contributed by atoms with Gasteiger partial charge < -0.3 is 10.1 Å². The minimum absolute atomic E-state index is 0.205. The van der Waals surface area contributed by atoms with E-state index >= 15 is 0 Å². The Hall–Kier alpha value is -4.52. The van der Waals surface area contributed by atoms with Crippen molar-refractivity contribution in [3.05, 3.63) is 94.8 Å². The second-order valence-corrected chi connectivity index (χ2v) is 8.37. The van der Waals surface area contributed by atoms with E-state index in [1.807, 2.05) is 0 Å². The Kier molecular flexibility index (Phi) is 5.74. The van der Waals surface area contributed by atoms with Crippen LogP contribution < -0.4 is 15.7 Å². The van der Waals surface area contributed by atoms with Crippen LogP contribution in [0.15, 0.2) is 71.9 Å². The van der Waals surface area contributed by atoms with E-state index in [1.54, 1.807) is 42.6 Å². The first-order chi connectivity index (χ1) is 17.0. The lowest BCUT2D eigenvalue weighted by atomic mass is 10.1. The lowest BCUT2D eigenvalue weighted by molar-refractivity contribution is 0.482. The molecule has 0 unspecified atom stereocenters. The zero-order valence-corrected chi connectivity index (χ0v) is 18.5. The molecule has 8 nitrogen and oxygen atoms in total. The summed E-state index contributed by atoms with van der Waals surface area (Å²) in [5.41, 5.74) is -0.553. The highest BCUT2D eigenvalue weighted by Crippen LogP contribution is 2.44. The summed E-state index contributed by atoms with van der Waals surface area (Å²) >= 11 is 0. The second kappa shape index (κ2) is 9.02. The molecule has 0 aliphatic heterocycles. The number of ether oxygens (including phenoxy) is 1. The Balaban J connectivity index is 1.27. The molecule has 4 aromatic rings. The molecule has 1 fully saturated rings. The number of hydrogen-bond donors (Lipinski definition) is 1. The van der Waals surface area contributed by atoms with E-state index in [4.69, 9.17) is 4.74 Å². The van der Waals surface area contributed by atoms with Crippen LogP contribution in [0.1, 0.15) is 18.4 Å². The molecule has 10 heteroatoms. The highest BCUT2D eigenvalue weighted by molar-refractivity contribution is 5.44. The summed E-state index contributed by atoms with van der Waals surface area (Å²) in [5.74, 6) is 0.257. The normalized spacial score (nSPS) is 13.7. The summed E-state index contributed by atoms with van der Waals surface area (Å²) in [4.78, 5) is 17.0. The summed E-state index contributed by atoms with van der Waals surface area (Å²) in [7, 11) is 0. The van der Waals surface area contributed by atoms with Gasteiger partial charge in [-0.3, -0.25) is 4.57 Å². The fraction of sp³-hybridized carbons (Fsp3) is 0.200. The van der Waals surface area contributed by atoms with E-state index in [9.17, 15) is 18.8 Å². The summed E-state index contributed by atoms with van der Waals surface area (Å²) in [6.07, 6.45) is 4.63. The second-order valence-electron chi connectivity index (χ2n) is 8.37. The Bertz CT molecular complexity index is 1450. The van der Waals surface area contributed by atoms with Gasteiger partial charge in [0, 0.05) is 24.4 Å². The van der Waals surface area contributed by atoms with Gasteiger partial charge in [0.15, 0.2) is 0 Å². The van der Waals surface area contributed by atoms with Crippen molar-refractivity contribution in [1.29, 1.82) is 5.26 Å². The van der Waals surface area contributed by atoms with Crippen LogP contribution in [-0.4, -0.2) is 25.9 Å². The Morgan fingerprint density at radius 1 is 1.09 bits per heavy atom. The average molecular weight is 474 g/mol. The molecular formula is C25H20F2N6O2.